The van der Waals surface area contributed by atoms with Crippen molar-refractivity contribution in [2.75, 3.05) is 0 Å². The van der Waals surface area contributed by atoms with Gasteiger partial charge in [0, 0.05) is 11.6 Å². The minimum Gasteiger partial charge on any atom is -0.507 e. The molecule has 5 rings (SSSR count). The summed E-state index contributed by atoms with van der Waals surface area (Å²) in [6, 6.07) is 7.52. The molecule has 40 heavy (non-hydrogen) atoms. The molecule has 0 radical (unpaired) electrons. The average molecular weight is 563 g/mol. The molecule has 0 amide bonds. The van der Waals surface area contributed by atoms with Crippen molar-refractivity contribution >= 4 is 11.0 Å². The summed E-state index contributed by atoms with van der Waals surface area (Å²) >= 11 is 0. The maximum Gasteiger partial charge on any atom is 0.197 e. The van der Waals surface area contributed by atoms with E-state index in [1.54, 1.807) is 0 Å². The van der Waals surface area contributed by atoms with Gasteiger partial charge in [0.25, 0.3) is 0 Å². The van der Waals surface area contributed by atoms with Gasteiger partial charge in [0.2, 0.25) is 0 Å². The molecule has 0 aliphatic carbocycles. The molecular formula is C27H30O13. The van der Waals surface area contributed by atoms with Crippen LogP contribution in [0.5, 0.6) is 17.2 Å². The van der Waals surface area contributed by atoms with Crippen LogP contribution in [0.1, 0.15) is 25.5 Å². The van der Waals surface area contributed by atoms with Crippen LogP contribution < -0.4 is 5.43 Å². The number of fused-ring (bicyclic) bond motifs is 1. The Bertz CT molecular complexity index is 1450. The molecule has 2 fully saturated rings. The SMILES string of the molecule is C[C@@H]1O[C@@H](O[C@@H]2[C@@H](O)[C@@H](O)[C@H](c3cc(O)c4c(=O)cc(-c5ccc(O)c(O)c5)oc4c3)O[C@H]2C)[C@H](O)[C@H](O)[C@H]1O. The number of ether oxygens (including phenoxy) is 3. The van der Waals surface area contributed by atoms with Gasteiger partial charge in [-0.25, -0.2) is 0 Å². The predicted molar refractivity (Wildman–Crippen MR) is 135 cm³/mol. The molecule has 2 aromatic carbocycles. The quantitative estimate of drug-likeness (QED) is 0.196. The first-order chi connectivity index (χ1) is 18.9. The van der Waals surface area contributed by atoms with Crippen molar-refractivity contribution in [1.29, 1.82) is 0 Å². The predicted octanol–water partition coefficient (Wildman–Crippen LogP) is -0.0289. The summed E-state index contributed by atoms with van der Waals surface area (Å²) in [6.07, 6.45) is -13.4. The normalized spacial score (nSPS) is 34.7. The van der Waals surface area contributed by atoms with E-state index in [2.05, 4.69) is 0 Å². The minimum atomic E-state index is -1.63. The molecule has 13 heteroatoms. The summed E-state index contributed by atoms with van der Waals surface area (Å²) in [6.45, 7) is 3.01. The summed E-state index contributed by atoms with van der Waals surface area (Å²) in [5, 5.41) is 82.0. The largest absolute Gasteiger partial charge is 0.507 e. The Morgan fingerprint density at radius 3 is 2.15 bits per heavy atom. The lowest BCUT2D eigenvalue weighted by Gasteiger charge is -2.45. The first-order valence-corrected chi connectivity index (χ1v) is 12.6. The molecule has 1 aromatic heterocycles. The molecule has 0 bridgehead atoms. The number of hydrogen-bond donors (Lipinski definition) is 8. The molecule has 3 heterocycles. The van der Waals surface area contributed by atoms with Crippen LogP contribution in [0.25, 0.3) is 22.3 Å². The lowest BCUT2D eigenvalue weighted by molar-refractivity contribution is -0.335. The van der Waals surface area contributed by atoms with E-state index in [-0.39, 0.29) is 33.6 Å². The molecule has 13 nitrogen and oxygen atoms in total. The highest BCUT2D eigenvalue weighted by atomic mass is 16.7. The number of hydrogen-bond acceptors (Lipinski definition) is 13. The topological polar surface area (TPSA) is 220 Å². The number of rotatable bonds is 4. The third-order valence-corrected chi connectivity index (χ3v) is 7.34. The van der Waals surface area contributed by atoms with Crippen molar-refractivity contribution in [2.45, 2.75) is 75.1 Å². The van der Waals surface area contributed by atoms with E-state index in [1.807, 2.05) is 0 Å². The van der Waals surface area contributed by atoms with Gasteiger partial charge in [-0.15, -0.1) is 0 Å². The molecule has 8 N–H and O–H groups in total. The molecule has 2 aliphatic heterocycles. The summed E-state index contributed by atoms with van der Waals surface area (Å²) in [4.78, 5) is 12.8. The van der Waals surface area contributed by atoms with Crippen LogP contribution in [-0.4, -0.2) is 96.0 Å². The van der Waals surface area contributed by atoms with Crippen LogP contribution in [0.2, 0.25) is 0 Å². The second-order valence-corrected chi connectivity index (χ2v) is 10.1. The van der Waals surface area contributed by atoms with E-state index >= 15 is 0 Å². The van der Waals surface area contributed by atoms with Crippen molar-refractivity contribution < 1.29 is 59.5 Å². The van der Waals surface area contributed by atoms with Crippen molar-refractivity contribution in [2.24, 2.45) is 0 Å². The molecule has 0 saturated carbocycles. The van der Waals surface area contributed by atoms with E-state index in [0.29, 0.717) is 0 Å². The molecule has 0 spiro atoms. The smallest absolute Gasteiger partial charge is 0.197 e. The minimum absolute atomic E-state index is 0.0314. The molecule has 0 unspecified atom stereocenters. The fourth-order valence-corrected chi connectivity index (χ4v) is 5.06. The third-order valence-electron chi connectivity index (χ3n) is 7.34. The molecule has 10 atom stereocenters. The summed E-state index contributed by atoms with van der Waals surface area (Å²) in [7, 11) is 0. The zero-order valence-electron chi connectivity index (χ0n) is 21.4. The lowest BCUT2D eigenvalue weighted by atomic mass is 9.90. The Labute approximate surface area is 226 Å². The van der Waals surface area contributed by atoms with E-state index in [4.69, 9.17) is 18.6 Å². The first-order valence-electron chi connectivity index (χ1n) is 12.6. The van der Waals surface area contributed by atoms with Gasteiger partial charge in [-0.05, 0) is 49.7 Å². The highest BCUT2D eigenvalue weighted by Gasteiger charge is 2.49. The van der Waals surface area contributed by atoms with Crippen molar-refractivity contribution in [3.63, 3.8) is 0 Å². The molecule has 2 saturated heterocycles. The number of aliphatic hydroxyl groups is 5. The van der Waals surface area contributed by atoms with Gasteiger partial charge < -0.3 is 59.5 Å². The van der Waals surface area contributed by atoms with Crippen molar-refractivity contribution in [1.82, 2.24) is 0 Å². The number of aromatic hydroxyl groups is 3. The monoisotopic (exact) mass is 562 g/mol. The zero-order chi connectivity index (χ0) is 29.0. The average Bonchev–Trinajstić information content (AvgIpc) is 2.91. The van der Waals surface area contributed by atoms with Crippen LogP contribution in [0, 0.1) is 0 Å². The Morgan fingerprint density at radius 1 is 0.725 bits per heavy atom. The van der Waals surface area contributed by atoms with Crippen molar-refractivity contribution in [3.05, 3.63) is 52.2 Å². The van der Waals surface area contributed by atoms with Gasteiger partial charge in [0.05, 0.1) is 12.2 Å². The highest BCUT2D eigenvalue weighted by molar-refractivity contribution is 5.85. The van der Waals surface area contributed by atoms with Gasteiger partial charge in [-0.1, -0.05) is 0 Å². The van der Waals surface area contributed by atoms with Crippen molar-refractivity contribution in [3.8, 4) is 28.6 Å². The van der Waals surface area contributed by atoms with Crippen LogP contribution >= 0.6 is 0 Å². The Hall–Kier alpha value is -3.27. The Balaban J connectivity index is 1.43. The summed E-state index contributed by atoms with van der Waals surface area (Å²) < 4.78 is 22.9. The van der Waals surface area contributed by atoms with Crippen LogP contribution in [-0.2, 0) is 14.2 Å². The maximum atomic E-state index is 12.8. The zero-order valence-corrected chi connectivity index (χ0v) is 21.4. The third kappa shape index (κ3) is 4.91. The fourth-order valence-electron chi connectivity index (χ4n) is 5.06. The number of phenols is 3. The molecule has 3 aromatic rings. The second kappa shape index (κ2) is 10.6. The number of phenolic OH excluding ortho intramolecular Hbond substituents is 3. The molecule has 2 aliphatic rings. The second-order valence-electron chi connectivity index (χ2n) is 10.1. The van der Waals surface area contributed by atoms with E-state index in [0.717, 1.165) is 6.07 Å². The van der Waals surface area contributed by atoms with E-state index < -0.39 is 78.2 Å². The van der Waals surface area contributed by atoms with Gasteiger partial charge in [-0.2, -0.15) is 0 Å². The summed E-state index contributed by atoms with van der Waals surface area (Å²) in [5.41, 5.74) is -0.220. The highest BCUT2D eigenvalue weighted by Crippen LogP contribution is 2.39. The lowest BCUT2D eigenvalue weighted by Crippen LogP contribution is -2.61. The van der Waals surface area contributed by atoms with Crippen LogP contribution in [0.15, 0.2) is 45.6 Å². The van der Waals surface area contributed by atoms with Gasteiger partial charge >= 0.3 is 0 Å². The number of aliphatic hydroxyl groups excluding tert-OH is 5. The van der Waals surface area contributed by atoms with Crippen LogP contribution in [0.3, 0.4) is 0 Å². The molecule has 216 valence electrons. The van der Waals surface area contributed by atoms with Gasteiger partial charge in [0.1, 0.15) is 65.2 Å². The van der Waals surface area contributed by atoms with E-state index in [1.165, 1.54) is 44.2 Å². The maximum absolute atomic E-state index is 12.8. The Kier molecular flexibility index (Phi) is 7.50. The summed E-state index contributed by atoms with van der Waals surface area (Å²) in [5.74, 6) is -1.22. The van der Waals surface area contributed by atoms with Crippen LogP contribution in [0.4, 0.5) is 0 Å². The Morgan fingerprint density at radius 2 is 1.45 bits per heavy atom. The van der Waals surface area contributed by atoms with Gasteiger partial charge in [-0.3, -0.25) is 4.79 Å². The fraction of sp³-hybridized carbons (Fsp3) is 0.444. The standard InChI is InChI=1S/C27H30O13/c1-9-20(32)21(33)24(36)27(38-9)40-25-10(2)37-26(23(35)22(25)34)12-6-15(30)19-16(31)8-17(39-18(19)7-12)11-3-4-13(28)14(29)5-11/h3-10,20-30,32-36H,1-2H3/t9-,10-,20-,21+,22-,23+,24+,25-,26-,27-/m0/s1. The number of benzene rings is 2. The first kappa shape index (κ1) is 28.3. The van der Waals surface area contributed by atoms with Gasteiger partial charge in [0.15, 0.2) is 23.2 Å². The molecular weight excluding hydrogens is 532 g/mol. The van der Waals surface area contributed by atoms with E-state index in [9.17, 15) is 45.6 Å².